The first-order valence-corrected chi connectivity index (χ1v) is 8.55. The third kappa shape index (κ3) is 3.68. The monoisotopic (exact) mass is 388 g/mol. The van der Waals surface area contributed by atoms with E-state index >= 15 is 0 Å². The summed E-state index contributed by atoms with van der Waals surface area (Å²) in [6.07, 6.45) is 4.72. The second kappa shape index (κ2) is 7.54. The van der Waals surface area contributed by atoms with Gasteiger partial charge in [-0.2, -0.15) is 0 Å². The maximum Gasteiger partial charge on any atom is 0.433 e. The van der Waals surface area contributed by atoms with Gasteiger partial charge in [-0.3, -0.25) is 19.8 Å². The number of amides is 1. The van der Waals surface area contributed by atoms with Gasteiger partial charge in [0.2, 0.25) is 0 Å². The molecule has 0 bridgehead atoms. The van der Waals surface area contributed by atoms with E-state index < -0.39 is 4.92 Å². The summed E-state index contributed by atoms with van der Waals surface area (Å²) in [5.74, 6) is 0.430. The van der Waals surface area contributed by atoms with Gasteiger partial charge < -0.3 is 9.15 Å². The molecule has 0 unspecified atom stereocenters. The van der Waals surface area contributed by atoms with Gasteiger partial charge in [0.05, 0.1) is 23.8 Å². The standard InChI is InChI=1S/C17H12N2O5S2/c1-23-12-7-5-11(6-8-12)18-16(20)14(26-17(18)25)4-2-3-13-9-10-15(24-13)19(21)22/h2-10H,1H3/b3-2+,14-4-. The normalized spacial score (nSPS) is 16.0. The van der Waals surface area contributed by atoms with Gasteiger partial charge in [0.1, 0.15) is 16.4 Å². The summed E-state index contributed by atoms with van der Waals surface area (Å²) in [5, 5.41) is 10.6. The molecule has 1 saturated heterocycles. The SMILES string of the molecule is COc1ccc(N2C(=O)/C(=C/C=C/c3ccc([N+](=O)[O-])o3)SC2=S)cc1. The fourth-order valence-corrected chi connectivity index (χ4v) is 3.45. The van der Waals surface area contributed by atoms with Crippen LogP contribution in [0.25, 0.3) is 6.08 Å². The van der Waals surface area contributed by atoms with Crippen molar-refractivity contribution in [3.63, 3.8) is 0 Å². The van der Waals surface area contributed by atoms with Crippen molar-refractivity contribution in [1.82, 2.24) is 0 Å². The number of carbonyl (C=O) groups is 1. The summed E-state index contributed by atoms with van der Waals surface area (Å²) in [7, 11) is 1.57. The van der Waals surface area contributed by atoms with Crippen LogP contribution < -0.4 is 9.64 Å². The Hall–Kier alpha value is -2.91. The number of thiocarbonyl (C=S) groups is 1. The van der Waals surface area contributed by atoms with E-state index in [9.17, 15) is 14.9 Å². The van der Waals surface area contributed by atoms with Crippen LogP contribution in [0, 0.1) is 10.1 Å². The number of methoxy groups -OCH3 is 1. The smallest absolute Gasteiger partial charge is 0.433 e. The lowest BCUT2D eigenvalue weighted by Crippen LogP contribution is -2.27. The molecular weight excluding hydrogens is 376 g/mol. The third-order valence-electron chi connectivity index (χ3n) is 3.42. The van der Waals surface area contributed by atoms with Gasteiger partial charge in [-0.15, -0.1) is 0 Å². The number of nitrogens with zero attached hydrogens (tertiary/aromatic N) is 2. The number of thioether (sulfide) groups is 1. The molecule has 132 valence electrons. The number of hydrogen-bond donors (Lipinski definition) is 0. The number of anilines is 1. The number of nitro groups is 1. The Morgan fingerprint density at radius 2 is 2.00 bits per heavy atom. The number of allylic oxidation sites excluding steroid dienone is 2. The lowest BCUT2D eigenvalue weighted by molar-refractivity contribution is -0.402. The topological polar surface area (TPSA) is 85.8 Å². The van der Waals surface area contributed by atoms with Crippen molar-refractivity contribution in [2.45, 2.75) is 0 Å². The number of ether oxygens (including phenoxy) is 1. The van der Waals surface area contributed by atoms with Crippen molar-refractivity contribution < 1.29 is 18.9 Å². The Morgan fingerprint density at radius 3 is 2.62 bits per heavy atom. The number of hydrogen-bond acceptors (Lipinski definition) is 7. The molecule has 1 aliphatic heterocycles. The van der Waals surface area contributed by atoms with E-state index in [-0.39, 0.29) is 11.8 Å². The first-order valence-electron chi connectivity index (χ1n) is 7.32. The summed E-state index contributed by atoms with van der Waals surface area (Å²) in [5.41, 5.74) is 0.655. The molecule has 0 N–H and O–H groups in total. The molecule has 1 aromatic carbocycles. The van der Waals surface area contributed by atoms with Crippen LogP contribution in [0.15, 0.2) is 57.9 Å². The first kappa shape index (κ1) is 17.9. The molecule has 0 atom stereocenters. The molecule has 0 aliphatic carbocycles. The highest BCUT2D eigenvalue weighted by atomic mass is 32.2. The predicted molar refractivity (Wildman–Crippen MR) is 103 cm³/mol. The van der Waals surface area contributed by atoms with Gasteiger partial charge in [-0.1, -0.05) is 30.1 Å². The fraction of sp³-hybridized carbons (Fsp3) is 0.0588. The van der Waals surface area contributed by atoms with Gasteiger partial charge in [-0.05, 0) is 42.5 Å². The van der Waals surface area contributed by atoms with Crippen LogP contribution >= 0.6 is 24.0 Å². The zero-order chi connectivity index (χ0) is 18.7. The Balaban J connectivity index is 1.75. The molecule has 2 heterocycles. The summed E-state index contributed by atoms with van der Waals surface area (Å²) in [6.45, 7) is 0. The summed E-state index contributed by atoms with van der Waals surface area (Å²) >= 11 is 6.47. The van der Waals surface area contributed by atoms with Gasteiger partial charge in [-0.25, -0.2) is 0 Å². The second-order valence-corrected chi connectivity index (χ2v) is 6.71. The quantitative estimate of drug-likeness (QED) is 0.329. The van der Waals surface area contributed by atoms with E-state index in [4.69, 9.17) is 21.4 Å². The van der Waals surface area contributed by atoms with Crippen LogP contribution in [0.1, 0.15) is 5.76 Å². The van der Waals surface area contributed by atoms with E-state index in [1.165, 1.54) is 34.9 Å². The minimum absolute atomic E-state index is 0.236. The van der Waals surface area contributed by atoms with Gasteiger partial charge in [0, 0.05) is 0 Å². The number of furan rings is 1. The van der Waals surface area contributed by atoms with Gasteiger partial charge >= 0.3 is 5.88 Å². The van der Waals surface area contributed by atoms with Gasteiger partial charge in [0.25, 0.3) is 5.91 Å². The largest absolute Gasteiger partial charge is 0.497 e. The number of benzene rings is 1. The van der Waals surface area contributed by atoms with E-state index in [0.29, 0.717) is 26.4 Å². The Morgan fingerprint density at radius 1 is 1.27 bits per heavy atom. The Labute approximate surface area is 158 Å². The van der Waals surface area contributed by atoms with E-state index in [2.05, 4.69) is 0 Å². The highest BCUT2D eigenvalue weighted by Gasteiger charge is 2.32. The van der Waals surface area contributed by atoms with Crippen molar-refractivity contribution in [3.05, 3.63) is 69.3 Å². The van der Waals surface area contributed by atoms with Crippen molar-refractivity contribution in [2.24, 2.45) is 0 Å². The zero-order valence-corrected chi connectivity index (χ0v) is 15.1. The Bertz CT molecular complexity index is 931. The van der Waals surface area contributed by atoms with E-state index in [1.54, 1.807) is 43.5 Å². The molecule has 9 heteroatoms. The fourth-order valence-electron chi connectivity index (χ4n) is 2.20. The van der Waals surface area contributed by atoms with Crippen molar-refractivity contribution >= 4 is 51.9 Å². The molecule has 3 rings (SSSR count). The number of carbonyl (C=O) groups excluding carboxylic acids is 1. The molecule has 0 saturated carbocycles. The van der Waals surface area contributed by atoms with Crippen LogP contribution in [-0.4, -0.2) is 22.3 Å². The molecule has 1 aromatic heterocycles. The average molecular weight is 388 g/mol. The molecule has 1 fully saturated rings. The van der Waals surface area contributed by atoms with E-state index in [1.807, 2.05) is 0 Å². The van der Waals surface area contributed by atoms with Crippen LogP contribution in [0.4, 0.5) is 11.6 Å². The highest BCUT2D eigenvalue weighted by molar-refractivity contribution is 8.27. The molecular formula is C17H12N2O5S2. The number of rotatable bonds is 5. The predicted octanol–water partition coefficient (Wildman–Crippen LogP) is 4.16. The summed E-state index contributed by atoms with van der Waals surface area (Å²) < 4.78 is 10.5. The van der Waals surface area contributed by atoms with Crippen LogP contribution in [-0.2, 0) is 4.79 Å². The van der Waals surface area contributed by atoms with Crippen molar-refractivity contribution in [1.29, 1.82) is 0 Å². The third-order valence-corrected chi connectivity index (χ3v) is 4.75. The molecule has 1 amide bonds. The lowest BCUT2D eigenvalue weighted by atomic mass is 10.2. The summed E-state index contributed by atoms with van der Waals surface area (Å²) in [4.78, 5) is 24.4. The maximum atomic E-state index is 12.6. The maximum absolute atomic E-state index is 12.6. The average Bonchev–Trinajstić information content (AvgIpc) is 3.20. The highest BCUT2D eigenvalue weighted by Crippen LogP contribution is 2.35. The second-order valence-electron chi connectivity index (χ2n) is 5.03. The van der Waals surface area contributed by atoms with Crippen molar-refractivity contribution in [3.8, 4) is 5.75 Å². The van der Waals surface area contributed by atoms with Crippen LogP contribution in [0.3, 0.4) is 0 Å². The van der Waals surface area contributed by atoms with Crippen molar-refractivity contribution in [2.75, 3.05) is 12.0 Å². The minimum Gasteiger partial charge on any atom is -0.497 e. The van der Waals surface area contributed by atoms with Crippen LogP contribution in [0.2, 0.25) is 0 Å². The molecule has 26 heavy (non-hydrogen) atoms. The molecule has 1 aliphatic rings. The molecule has 7 nitrogen and oxygen atoms in total. The lowest BCUT2D eigenvalue weighted by Gasteiger charge is -2.14. The van der Waals surface area contributed by atoms with Crippen LogP contribution in [0.5, 0.6) is 5.75 Å². The Kier molecular flexibility index (Phi) is 5.19. The summed E-state index contributed by atoms with van der Waals surface area (Å²) in [6, 6.07) is 9.76. The molecule has 2 aromatic rings. The van der Waals surface area contributed by atoms with Gasteiger partial charge in [0.15, 0.2) is 4.32 Å². The minimum atomic E-state index is -0.614. The van der Waals surface area contributed by atoms with E-state index in [0.717, 1.165) is 0 Å². The molecule has 0 radical (unpaired) electrons. The molecule has 0 spiro atoms. The first-order chi connectivity index (χ1) is 12.5. The zero-order valence-electron chi connectivity index (χ0n) is 13.4.